The van der Waals surface area contributed by atoms with Crippen LogP contribution in [0.2, 0.25) is 0 Å². The lowest BCUT2D eigenvalue weighted by atomic mass is 10.1. The Morgan fingerprint density at radius 2 is 1.93 bits per heavy atom. The Kier molecular flexibility index (Phi) is 4.91. The Morgan fingerprint density at radius 3 is 2.59 bits per heavy atom. The summed E-state index contributed by atoms with van der Waals surface area (Å²) >= 11 is 1.49. The molecule has 0 radical (unpaired) electrons. The van der Waals surface area contributed by atoms with Crippen molar-refractivity contribution < 1.29 is 5.11 Å². The fourth-order valence-corrected chi connectivity index (χ4v) is 4.66. The molecular formula is C21H26N4OS. The zero-order valence-corrected chi connectivity index (χ0v) is 16.7. The van der Waals surface area contributed by atoms with E-state index in [1.54, 1.807) is 0 Å². The molecule has 1 fully saturated rings. The van der Waals surface area contributed by atoms with Gasteiger partial charge < -0.3 is 14.9 Å². The van der Waals surface area contributed by atoms with Crippen molar-refractivity contribution in [2.45, 2.75) is 39.2 Å². The van der Waals surface area contributed by atoms with Gasteiger partial charge in [0.25, 0.3) is 0 Å². The summed E-state index contributed by atoms with van der Waals surface area (Å²) in [6.07, 6.45) is 3.49. The van der Waals surface area contributed by atoms with E-state index in [1.165, 1.54) is 29.9 Å². The van der Waals surface area contributed by atoms with Gasteiger partial charge in [-0.1, -0.05) is 19.1 Å². The second-order valence-electron chi connectivity index (χ2n) is 7.33. The molecule has 6 heteroatoms. The molecule has 27 heavy (non-hydrogen) atoms. The highest BCUT2D eigenvalue weighted by Crippen LogP contribution is 2.34. The summed E-state index contributed by atoms with van der Waals surface area (Å²) in [6, 6.07) is 8.80. The van der Waals surface area contributed by atoms with E-state index in [2.05, 4.69) is 43.0 Å². The van der Waals surface area contributed by atoms with Crippen molar-refractivity contribution in [2.75, 3.05) is 24.5 Å². The summed E-state index contributed by atoms with van der Waals surface area (Å²) in [5.74, 6) is 0.637. The number of rotatable bonds is 5. The number of amidine groups is 1. The normalized spacial score (nSPS) is 18.7. The van der Waals surface area contributed by atoms with Crippen LogP contribution >= 0.6 is 11.3 Å². The highest BCUT2D eigenvalue weighted by atomic mass is 32.1. The molecule has 5 nitrogen and oxygen atoms in total. The minimum absolute atomic E-state index is 0.231. The van der Waals surface area contributed by atoms with Gasteiger partial charge in [-0.15, -0.1) is 11.3 Å². The number of hydrogen-bond acceptors (Lipinski definition) is 5. The van der Waals surface area contributed by atoms with Crippen LogP contribution in [0.4, 0.5) is 5.69 Å². The fourth-order valence-electron chi connectivity index (χ4n) is 3.76. The van der Waals surface area contributed by atoms with Crippen molar-refractivity contribution >= 4 is 28.4 Å². The first-order valence-electron chi connectivity index (χ1n) is 9.67. The van der Waals surface area contributed by atoms with Gasteiger partial charge in [0.2, 0.25) is 0 Å². The summed E-state index contributed by atoms with van der Waals surface area (Å²) in [7, 11) is 0. The van der Waals surface area contributed by atoms with Gasteiger partial charge in [-0.05, 0) is 38.3 Å². The van der Waals surface area contributed by atoms with Gasteiger partial charge in [-0.2, -0.15) is 0 Å². The van der Waals surface area contributed by atoms with Crippen LogP contribution in [0.5, 0.6) is 0 Å². The maximum absolute atomic E-state index is 10.4. The third-order valence-corrected chi connectivity index (χ3v) is 6.47. The number of nitrogens with zero attached hydrogens (tertiary/aromatic N) is 3. The lowest BCUT2D eigenvalue weighted by Crippen LogP contribution is -2.34. The number of nitrogens with one attached hydrogen (secondary N) is 1. The van der Waals surface area contributed by atoms with Gasteiger partial charge in [-0.3, -0.25) is 5.41 Å². The van der Waals surface area contributed by atoms with Gasteiger partial charge >= 0.3 is 0 Å². The van der Waals surface area contributed by atoms with E-state index in [0.717, 1.165) is 35.8 Å². The fraction of sp³-hybridized carbons (Fsp3) is 0.429. The quantitative estimate of drug-likeness (QED) is 0.782. The van der Waals surface area contributed by atoms with E-state index in [9.17, 15) is 5.11 Å². The molecule has 2 aliphatic rings. The van der Waals surface area contributed by atoms with Crippen LogP contribution in [0.1, 0.15) is 38.1 Å². The Hall–Kier alpha value is -2.34. The van der Waals surface area contributed by atoms with Gasteiger partial charge in [0.15, 0.2) is 0 Å². The Labute approximate surface area is 164 Å². The monoisotopic (exact) mass is 382 g/mol. The summed E-state index contributed by atoms with van der Waals surface area (Å²) in [6.45, 7) is 6.87. The van der Waals surface area contributed by atoms with Gasteiger partial charge in [0.05, 0.1) is 17.8 Å². The van der Waals surface area contributed by atoms with Gasteiger partial charge in [0.1, 0.15) is 16.6 Å². The molecule has 1 atom stereocenters. The van der Waals surface area contributed by atoms with Crippen molar-refractivity contribution in [1.82, 2.24) is 9.88 Å². The molecule has 4 rings (SSSR count). The molecule has 3 heterocycles. The number of hydrogen-bond donors (Lipinski definition) is 2. The summed E-state index contributed by atoms with van der Waals surface area (Å²) in [5, 5.41) is 21.6. The first-order valence-corrected chi connectivity index (χ1v) is 10.6. The highest BCUT2D eigenvalue weighted by Gasteiger charge is 2.32. The highest BCUT2D eigenvalue weighted by molar-refractivity contribution is 7.11. The Bertz CT molecular complexity index is 865. The molecule has 1 unspecified atom stereocenters. The van der Waals surface area contributed by atoms with E-state index in [-0.39, 0.29) is 11.8 Å². The predicted molar refractivity (Wildman–Crippen MR) is 113 cm³/mol. The molecule has 1 aromatic carbocycles. The molecule has 0 spiro atoms. The minimum Gasteiger partial charge on any atom is -0.510 e. The van der Waals surface area contributed by atoms with Crippen LogP contribution in [0.3, 0.4) is 0 Å². The standard InChI is InChI=1S/C21H26N4OS/c1-3-14(2)25-12-18(26)19(20(25)22)21-23-17(13-27-21)15-6-8-16(9-7-15)24-10-4-5-11-24/h6-9,13-14,22,26H,3-5,10-12H2,1-2H3. The van der Waals surface area contributed by atoms with Crippen LogP contribution in [-0.4, -0.2) is 46.5 Å². The van der Waals surface area contributed by atoms with Crippen molar-refractivity contribution in [3.8, 4) is 11.3 Å². The van der Waals surface area contributed by atoms with Gasteiger partial charge in [-0.25, -0.2) is 4.98 Å². The largest absolute Gasteiger partial charge is 0.510 e. The second kappa shape index (κ2) is 7.35. The average molecular weight is 383 g/mol. The first-order chi connectivity index (χ1) is 13.1. The molecule has 1 saturated heterocycles. The summed E-state index contributed by atoms with van der Waals surface area (Å²) in [4.78, 5) is 9.09. The lowest BCUT2D eigenvalue weighted by molar-refractivity contribution is 0.301. The Morgan fingerprint density at radius 1 is 1.22 bits per heavy atom. The van der Waals surface area contributed by atoms with E-state index >= 15 is 0 Å². The van der Waals surface area contributed by atoms with Crippen LogP contribution in [-0.2, 0) is 0 Å². The number of aromatic nitrogens is 1. The molecule has 0 saturated carbocycles. The molecule has 0 bridgehead atoms. The zero-order chi connectivity index (χ0) is 19.0. The van der Waals surface area contributed by atoms with E-state index < -0.39 is 0 Å². The van der Waals surface area contributed by atoms with Crippen molar-refractivity contribution in [3.05, 3.63) is 40.4 Å². The third-order valence-electron chi connectivity index (χ3n) is 5.61. The van der Waals surface area contributed by atoms with E-state index in [1.807, 2.05) is 10.3 Å². The minimum atomic E-state index is 0.231. The molecule has 2 aliphatic heterocycles. The number of aliphatic hydroxyl groups is 1. The number of anilines is 1. The van der Waals surface area contributed by atoms with Crippen LogP contribution in [0.15, 0.2) is 35.4 Å². The second-order valence-corrected chi connectivity index (χ2v) is 8.19. The maximum atomic E-state index is 10.4. The average Bonchev–Trinajstić information content (AvgIpc) is 3.42. The van der Waals surface area contributed by atoms with Crippen molar-refractivity contribution in [3.63, 3.8) is 0 Å². The van der Waals surface area contributed by atoms with Crippen LogP contribution < -0.4 is 4.90 Å². The lowest BCUT2D eigenvalue weighted by Gasteiger charge is -2.25. The number of benzene rings is 1. The first kappa shape index (κ1) is 18.0. The zero-order valence-electron chi connectivity index (χ0n) is 15.9. The summed E-state index contributed by atoms with van der Waals surface area (Å²) < 4.78 is 0. The topological polar surface area (TPSA) is 63.5 Å². The SMILES string of the molecule is CCC(C)N1CC(O)=C(c2nc(-c3ccc(N4CCCC4)cc3)cs2)C1=N. The van der Waals surface area contributed by atoms with Gasteiger partial charge in [0, 0.05) is 35.8 Å². The Balaban J connectivity index is 1.55. The van der Waals surface area contributed by atoms with E-state index in [0.29, 0.717) is 18.0 Å². The molecule has 1 aromatic heterocycles. The molecule has 2 aromatic rings. The third kappa shape index (κ3) is 3.34. The van der Waals surface area contributed by atoms with Crippen molar-refractivity contribution in [1.29, 1.82) is 5.41 Å². The predicted octanol–water partition coefficient (Wildman–Crippen LogP) is 4.77. The molecule has 2 N–H and O–H groups in total. The van der Waals surface area contributed by atoms with Crippen LogP contribution in [0, 0.1) is 5.41 Å². The molecule has 142 valence electrons. The molecular weight excluding hydrogens is 356 g/mol. The smallest absolute Gasteiger partial charge is 0.135 e. The molecule has 0 aliphatic carbocycles. The van der Waals surface area contributed by atoms with Crippen molar-refractivity contribution in [2.24, 2.45) is 0 Å². The van der Waals surface area contributed by atoms with Crippen LogP contribution in [0.25, 0.3) is 16.8 Å². The number of thiazole rings is 1. The molecule has 0 amide bonds. The number of aliphatic hydroxyl groups excluding tert-OH is 1. The maximum Gasteiger partial charge on any atom is 0.135 e. The summed E-state index contributed by atoms with van der Waals surface area (Å²) in [5.41, 5.74) is 3.83. The van der Waals surface area contributed by atoms with E-state index in [4.69, 9.17) is 10.4 Å².